The minimum atomic E-state index is -4.87. The van der Waals surface area contributed by atoms with E-state index >= 15 is 0 Å². The number of nitrogens with one attached hydrogen (secondary N) is 3. The molecule has 0 heterocycles. The first-order valence-electron chi connectivity index (χ1n) is 12.6. The Balaban J connectivity index is 1.62. The molecule has 0 spiro atoms. The molecule has 1 atom stereocenters. The minimum Gasteiger partial charge on any atom is -0.384 e. The Kier molecular flexibility index (Phi) is 9.35. The second-order valence-corrected chi connectivity index (χ2v) is 9.98. The van der Waals surface area contributed by atoms with Gasteiger partial charge < -0.3 is 16.0 Å². The van der Waals surface area contributed by atoms with Crippen LogP contribution in [0.2, 0.25) is 0 Å². The number of benzene rings is 1. The van der Waals surface area contributed by atoms with Crippen LogP contribution < -0.4 is 16.0 Å². The van der Waals surface area contributed by atoms with Gasteiger partial charge in [-0.05, 0) is 93.5 Å². The summed E-state index contributed by atoms with van der Waals surface area (Å²) in [6.07, 6.45) is -3.26. The standard InChI is InChI=1S/C26H35F6N3O/c1-3-16(2)35-23(36)15-33-22-9-7-17(8-10-22)14-34-24(18-5-4-6-18)19-11-20(25(27,28)29)13-21(12-19)26(30,31)32/h11-13,16-17,22,33-34H,3-10,14-15H2,1-2H3,(H,35,36). The predicted octanol–water partition coefficient (Wildman–Crippen LogP) is 6.27. The second-order valence-electron chi connectivity index (χ2n) is 9.98. The summed E-state index contributed by atoms with van der Waals surface area (Å²) in [5.41, 5.74) is -1.38. The van der Waals surface area contributed by atoms with Gasteiger partial charge in [-0.25, -0.2) is 0 Å². The van der Waals surface area contributed by atoms with Gasteiger partial charge in [0.15, 0.2) is 0 Å². The quantitative estimate of drug-likeness (QED) is 0.337. The van der Waals surface area contributed by atoms with Gasteiger partial charge in [0.25, 0.3) is 0 Å². The number of carbonyl (C=O) groups is 1. The summed E-state index contributed by atoms with van der Waals surface area (Å²) < 4.78 is 80.2. The molecule has 36 heavy (non-hydrogen) atoms. The third-order valence-electron chi connectivity index (χ3n) is 7.17. The molecule has 2 aliphatic carbocycles. The van der Waals surface area contributed by atoms with Crippen molar-refractivity contribution in [2.24, 2.45) is 5.92 Å². The highest BCUT2D eigenvalue weighted by molar-refractivity contribution is 5.78. The van der Waals surface area contributed by atoms with Crippen molar-refractivity contribution in [1.82, 2.24) is 16.0 Å². The van der Waals surface area contributed by atoms with Gasteiger partial charge in [0.1, 0.15) is 0 Å². The zero-order valence-corrected chi connectivity index (χ0v) is 20.7. The Labute approximate surface area is 208 Å². The Bertz CT molecular complexity index is 894. The monoisotopic (exact) mass is 519 g/mol. The van der Waals surface area contributed by atoms with Crippen molar-refractivity contribution in [3.05, 3.63) is 40.5 Å². The van der Waals surface area contributed by atoms with Crippen LogP contribution in [0.4, 0.5) is 26.3 Å². The molecule has 3 rings (SSSR count). The fraction of sp³-hybridized carbons (Fsp3) is 0.654. The van der Waals surface area contributed by atoms with Crippen LogP contribution in [0.1, 0.15) is 81.9 Å². The summed E-state index contributed by atoms with van der Waals surface area (Å²) >= 11 is 0. The van der Waals surface area contributed by atoms with Crippen LogP contribution in [0.25, 0.3) is 5.70 Å². The van der Waals surface area contributed by atoms with E-state index in [2.05, 4.69) is 16.0 Å². The van der Waals surface area contributed by atoms with E-state index in [1.54, 1.807) is 0 Å². The van der Waals surface area contributed by atoms with E-state index < -0.39 is 23.5 Å². The minimum absolute atomic E-state index is 0.0378. The number of allylic oxidation sites excluding steroid dienone is 1. The molecule has 10 heteroatoms. The Morgan fingerprint density at radius 1 is 0.972 bits per heavy atom. The van der Waals surface area contributed by atoms with E-state index in [9.17, 15) is 31.1 Å². The van der Waals surface area contributed by atoms with Crippen LogP contribution in [0.5, 0.6) is 0 Å². The van der Waals surface area contributed by atoms with Gasteiger partial charge in [-0.2, -0.15) is 26.3 Å². The number of rotatable bonds is 9. The van der Waals surface area contributed by atoms with E-state index in [0.29, 0.717) is 25.1 Å². The summed E-state index contributed by atoms with van der Waals surface area (Å²) in [5.74, 6) is 0.213. The van der Waals surface area contributed by atoms with Gasteiger partial charge in [0.2, 0.25) is 5.91 Å². The maximum atomic E-state index is 13.4. The third kappa shape index (κ3) is 7.88. The van der Waals surface area contributed by atoms with E-state index in [1.165, 1.54) is 0 Å². The number of amides is 1. The van der Waals surface area contributed by atoms with E-state index in [4.69, 9.17) is 0 Å². The van der Waals surface area contributed by atoms with Crippen molar-refractivity contribution in [1.29, 1.82) is 0 Å². The van der Waals surface area contributed by atoms with Gasteiger partial charge in [0, 0.05) is 24.3 Å². The van der Waals surface area contributed by atoms with Gasteiger partial charge in [-0.1, -0.05) is 6.92 Å². The van der Waals surface area contributed by atoms with Gasteiger partial charge in [0.05, 0.1) is 17.7 Å². The average molecular weight is 520 g/mol. The van der Waals surface area contributed by atoms with Crippen molar-refractivity contribution < 1.29 is 31.1 Å². The second kappa shape index (κ2) is 11.9. The summed E-state index contributed by atoms with van der Waals surface area (Å²) in [6.45, 7) is 4.69. The molecule has 1 aromatic rings. The van der Waals surface area contributed by atoms with Gasteiger partial charge in [-0.3, -0.25) is 4.79 Å². The Hall–Kier alpha value is -2.23. The molecule has 0 saturated heterocycles. The lowest BCUT2D eigenvalue weighted by molar-refractivity contribution is -0.143. The van der Waals surface area contributed by atoms with Crippen molar-refractivity contribution in [2.45, 2.75) is 89.7 Å². The van der Waals surface area contributed by atoms with Crippen molar-refractivity contribution >= 4 is 11.6 Å². The Morgan fingerprint density at radius 2 is 1.56 bits per heavy atom. The highest BCUT2D eigenvalue weighted by atomic mass is 19.4. The normalized spacial score (nSPS) is 21.5. The molecular formula is C26H35F6N3O. The summed E-state index contributed by atoms with van der Waals surface area (Å²) in [6, 6.07) is 2.14. The van der Waals surface area contributed by atoms with Crippen LogP contribution in [0.15, 0.2) is 23.8 Å². The molecular weight excluding hydrogens is 484 g/mol. The maximum Gasteiger partial charge on any atom is 0.416 e. The molecule has 2 aliphatic rings. The SMILES string of the molecule is CCC(C)NC(=O)CNC1CCC(CNC(=C2CCC2)c2cc(C(F)(F)F)cc(C(F)(F)F)c2)CC1. The van der Waals surface area contributed by atoms with Crippen molar-refractivity contribution in [3.63, 3.8) is 0 Å². The van der Waals surface area contributed by atoms with Crippen molar-refractivity contribution in [2.75, 3.05) is 13.1 Å². The number of carbonyl (C=O) groups excluding carboxylic acids is 1. The fourth-order valence-corrected chi connectivity index (χ4v) is 4.62. The summed E-state index contributed by atoms with van der Waals surface area (Å²) in [4.78, 5) is 12.0. The smallest absolute Gasteiger partial charge is 0.384 e. The molecule has 202 valence electrons. The lowest BCUT2D eigenvalue weighted by Crippen LogP contribution is -2.43. The molecule has 2 saturated carbocycles. The average Bonchev–Trinajstić information content (AvgIpc) is 2.78. The lowest BCUT2D eigenvalue weighted by atomic mass is 9.84. The number of halogens is 6. The molecule has 0 aromatic heterocycles. The molecule has 3 N–H and O–H groups in total. The molecule has 1 amide bonds. The van der Waals surface area contributed by atoms with Crippen LogP contribution >= 0.6 is 0 Å². The summed E-state index contributed by atoms with van der Waals surface area (Å²) in [5, 5.41) is 9.42. The number of hydrogen-bond donors (Lipinski definition) is 3. The van der Waals surface area contributed by atoms with E-state index in [1.807, 2.05) is 13.8 Å². The molecule has 4 nitrogen and oxygen atoms in total. The zero-order valence-electron chi connectivity index (χ0n) is 20.7. The first-order chi connectivity index (χ1) is 16.9. The van der Waals surface area contributed by atoms with Crippen LogP contribution in [-0.2, 0) is 17.1 Å². The van der Waals surface area contributed by atoms with Crippen molar-refractivity contribution in [3.8, 4) is 0 Å². The highest BCUT2D eigenvalue weighted by Crippen LogP contribution is 2.40. The predicted molar refractivity (Wildman–Crippen MR) is 127 cm³/mol. The summed E-state index contributed by atoms with van der Waals surface area (Å²) in [7, 11) is 0. The van der Waals surface area contributed by atoms with Gasteiger partial charge >= 0.3 is 12.4 Å². The topological polar surface area (TPSA) is 53.2 Å². The first-order valence-corrected chi connectivity index (χ1v) is 12.6. The zero-order chi connectivity index (χ0) is 26.5. The van der Waals surface area contributed by atoms with Crippen LogP contribution in [-0.4, -0.2) is 31.1 Å². The molecule has 2 fully saturated rings. The lowest BCUT2D eigenvalue weighted by Gasteiger charge is -2.31. The molecule has 0 aliphatic heterocycles. The van der Waals surface area contributed by atoms with E-state index in [0.717, 1.165) is 56.2 Å². The molecule has 1 aromatic carbocycles. The molecule has 0 radical (unpaired) electrons. The molecule has 1 unspecified atom stereocenters. The first kappa shape index (κ1) is 28.3. The van der Waals surface area contributed by atoms with Crippen LogP contribution in [0.3, 0.4) is 0 Å². The third-order valence-corrected chi connectivity index (χ3v) is 7.17. The number of hydrogen-bond acceptors (Lipinski definition) is 3. The van der Waals surface area contributed by atoms with E-state index in [-0.39, 0.29) is 42.1 Å². The maximum absolute atomic E-state index is 13.4. The van der Waals surface area contributed by atoms with Gasteiger partial charge in [-0.15, -0.1) is 0 Å². The van der Waals surface area contributed by atoms with Crippen LogP contribution in [0, 0.1) is 5.92 Å². The fourth-order valence-electron chi connectivity index (χ4n) is 4.62. The largest absolute Gasteiger partial charge is 0.416 e. The Morgan fingerprint density at radius 3 is 2.03 bits per heavy atom. The number of alkyl halides is 6. The molecule has 0 bridgehead atoms. The highest BCUT2D eigenvalue weighted by Gasteiger charge is 2.37.